The Morgan fingerprint density at radius 1 is 0.329 bits per heavy atom. The van der Waals surface area contributed by atoms with Gasteiger partial charge in [0, 0.05) is 13.8 Å². The summed E-state index contributed by atoms with van der Waals surface area (Å²) in [5, 5.41) is 196. The van der Waals surface area contributed by atoms with Gasteiger partial charge in [-0.05, 0) is 0 Å². The van der Waals surface area contributed by atoms with Crippen molar-refractivity contribution >= 4 is 11.8 Å². The van der Waals surface area contributed by atoms with E-state index >= 15 is 0 Å². The van der Waals surface area contributed by atoms with E-state index < -0.39 is 236 Å². The van der Waals surface area contributed by atoms with Crippen LogP contribution in [0.1, 0.15) is 13.8 Å². The molecule has 0 bridgehead atoms. The van der Waals surface area contributed by atoms with Crippen molar-refractivity contribution < 1.29 is 154 Å². The molecule has 33 nitrogen and oxygen atoms in total. The van der Waals surface area contributed by atoms with Crippen molar-refractivity contribution in [1.29, 1.82) is 0 Å². The number of amides is 2. The van der Waals surface area contributed by atoms with Crippen LogP contribution in [0.25, 0.3) is 0 Å². The summed E-state index contributed by atoms with van der Waals surface area (Å²) < 4.78 is 63.7. The van der Waals surface area contributed by atoms with Gasteiger partial charge in [0.15, 0.2) is 37.7 Å². The fraction of sp³-hybridized carbons (Fsp3) is 0.950. The van der Waals surface area contributed by atoms with E-state index in [1.807, 2.05) is 0 Å². The molecule has 6 fully saturated rings. The Morgan fingerprint density at radius 3 is 1.07 bits per heavy atom. The second kappa shape index (κ2) is 26.0. The first-order valence-electron chi connectivity index (χ1n) is 23.1. The lowest BCUT2D eigenvalue weighted by atomic mass is 9.93. The standard InChI is InChI=1S/C40H68N2O31/c1-9(49)41-17-33(72-38-27(59)22(54)19(51)11(3-43)65-38)21(53)13(5-45)64-36(17)70-31-15(7-47)68-40(29(61)25(31)57)71-32-16(8-48)67-37(69-30-14(6-46)63-35(62)26(58)24(30)56)18(42-10(2)50)34(32)73-39-28(60)23(55)20(52)12(4-44)66-39/h11-40,43-48,51-62H,3-8H2,1-2H3,(H,41,49)(H,42,50)/t11-,12-,13-,14-,15-,16-,17-,18-,19-,20-,21+,22+,23+,24-,25-,26+,27-,28-,29-,30-,31-,32+,33-,34-,35+,36+,37+,38+,39+,40-/m1/s1. The van der Waals surface area contributed by atoms with E-state index in [1.54, 1.807) is 0 Å². The van der Waals surface area contributed by atoms with Gasteiger partial charge in [0.2, 0.25) is 11.8 Å². The molecule has 6 rings (SSSR count). The van der Waals surface area contributed by atoms with Crippen LogP contribution in [0.5, 0.6) is 0 Å². The molecule has 0 unspecified atom stereocenters. The first kappa shape index (κ1) is 60.0. The molecule has 6 heterocycles. The number of hydrogen-bond donors (Lipinski definition) is 20. The van der Waals surface area contributed by atoms with Crippen LogP contribution in [0.15, 0.2) is 0 Å². The predicted octanol–water partition coefficient (Wildman–Crippen LogP) is -13.8. The maximum atomic E-state index is 12.9. The maximum absolute atomic E-state index is 12.9. The molecule has 6 aliphatic heterocycles. The molecule has 0 aliphatic carbocycles. The van der Waals surface area contributed by atoms with E-state index in [2.05, 4.69) is 10.6 Å². The van der Waals surface area contributed by atoms with Gasteiger partial charge in [0.05, 0.1) is 39.6 Å². The molecule has 2 amide bonds. The topological polar surface area (TPSA) is 524 Å². The van der Waals surface area contributed by atoms with E-state index in [1.165, 1.54) is 0 Å². The molecule has 0 radical (unpaired) electrons. The monoisotopic (exact) mass is 1070 g/mol. The van der Waals surface area contributed by atoms with Gasteiger partial charge in [0.25, 0.3) is 0 Å². The number of carbonyl (C=O) groups is 2. The molecule has 0 aromatic rings. The lowest BCUT2D eigenvalue weighted by Gasteiger charge is -2.52. The first-order valence-corrected chi connectivity index (χ1v) is 23.1. The molecule has 73 heavy (non-hydrogen) atoms. The van der Waals surface area contributed by atoms with Crippen LogP contribution in [-0.2, 0) is 61.7 Å². The minimum Gasteiger partial charge on any atom is -0.394 e. The third kappa shape index (κ3) is 12.9. The molecule has 33 heteroatoms. The SMILES string of the molecule is CC(=O)N[C@H]1[C@H](O[C@H]2[C@H](O)[C@H](O)[C@@H](O)O[C@@H]2CO)O[C@H](CO)[C@H](O[C@H]2O[C@H](CO)[C@@H](O[C@@H]3O[C@H](CO)[C@H](O)[C@H](O[C@@H]4O[C@H](CO)[C@@H](O)[C@H](O)[C@H]4O)[C@H]3NC(C)=O)[C@H](O)[C@H]2O)[C@@H]1O[C@@H]1O[C@H](CO)[C@@H](O)[C@H](O)[C@H]1O. The van der Waals surface area contributed by atoms with E-state index in [-0.39, 0.29) is 0 Å². The summed E-state index contributed by atoms with van der Waals surface area (Å²) in [6.07, 6.45) is -54.0. The summed E-state index contributed by atoms with van der Waals surface area (Å²) >= 11 is 0. The number of carbonyl (C=O) groups excluding carboxylic acids is 2. The zero-order chi connectivity index (χ0) is 53.9. The Labute approximate surface area is 413 Å². The highest BCUT2D eigenvalue weighted by Crippen LogP contribution is 2.38. The lowest BCUT2D eigenvalue weighted by molar-refractivity contribution is -0.392. The van der Waals surface area contributed by atoms with Crippen molar-refractivity contribution in [3.05, 3.63) is 0 Å². The quantitative estimate of drug-likeness (QED) is 0.0606. The normalized spacial score (nSPS) is 49.8. The number of aliphatic hydroxyl groups excluding tert-OH is 18. The summed E-state index contributed by atoms with van der Waals surface area (Å²) in [4.78, 5) is 25.5. The third-order valence-corrected chi connectivity index (χ3v) is 13.2. The maximum Gasteiger partial charge on any atom is 0.217 e. The van der Waals surface area contributed by atoms with Crippen LogP contribution in [0.3, 0.4) is 0 Å². The Hall–Kier alpha value is -2.22. The van der Waals surface area contributed by atoms with Gasteiger partial charge >= 0.3 is 0 Å². The van der Waals surface area contributed by atoms with Gasteiger partial charge in [0.1, 0.15) is 146 Å². The molecule has 6 aliphatic rings. The largest absolute Gasteiger partial charge is 0.394 e. The minimum absolute atomic E-state index is 0.835. The van der Waals surface area contributed by atoms with Crippen molar-refractivity contribution in [2.24, 2.45) is 0 Å². The van der Waals surface area contributed by atoms with Crippen molar-refractivity contribution in [2.75, 3.05) is 39.6 Å². The Kier molecular flexibility index (Phi) is 21.3. The van der Waals surface area contributed by atoms with Crippen molar-refractivity contribution in [3.8, 4) is 0 Å². The van der Waals surface area contributed by atoms with Gasteiger partial charge < -0.3 is 155 Å². The molecule has 0 saturated carbocycles. The van der Waals surface area contributed by atoms with E-state index in [9.17, 15) is 102 Å². The second-order valence-corrected chi connectivity index (χ2v) is 18.2. The Morgan fingerprint density at radius 2 is 0.630 bits per heavy atom. The molecular formula is C40H68N2O31. The van der Waals surface area contributed by atoms with Gasteiger partial charge in [-0.2, -0.15) is 0 Å². The smallest absolute Gasteiger partial charge is 0.217 e. The van der Waals surface area contributed by atoms with Crippen LogP contribution < -0.4 is 10.6 Å². The molecule has 20 N–H and O–H groups in total. The first-order chi connectivity index (χ1) is 34.5. The number of hydrogen-bond acceptors (Lipinski definition) is 31. The summed E-state index contributed by atoms with van der Waals surface area (Å²) in [5.74, 6) is -1.72. The summed E-state index contributed by atoms with van der Waals surface area (Å²) in [6.45, 7) is -3.96. The molecule has 424 valence electrons. The van der Waals surface area contributed by atoms with E-state index in [4.69, 9.17) is 52.1 Å². The Bertz CT molecular complexity index is 1740. The van der Waals surface area contributed by atoms with E-state index in [0.29, 0.717) is 0 Å². The molecular weight excluding hydrogens is 1000 g/mol. The fourth-order valence-electron chi connectivity index (χ4n) is 9.32. The lowest BCUT2D eigenvalue weighted by Crippen LogP contribution is -2.71. The molecule has 0 aromatic heterocycles. The number of ether oxygens (including phenoxy) is 11. The average molecular weight is 1070 g/mol. The molecule has 6 saturated heterocycles. The fourth-order valence-corrected chi connectivity index (χ4v) is 9.32. The van der Waals surface area contributed by atoms with Crippen LogP contribution in [-0.4, -0.2) is 327 Å². The number of nitrogens with one attached hydrogen (secondary N) is 2. The Balaban J connectivity index is 1.30. The number of aliphatic hydroxyl groups is 18. The summed E-state index contributed by atoms with van der Waals surface area (Å²) in [7, 11) is 0. The van der Waals surface area contributed by atoms with Crippen molar-refractivity contribution in [1.82, 2.24) is 10.6 Å². The summed E-state index contributed by atoms with van der Waals surface area (Å²) in [6, 6.07) is -3.53. The van der Waals surface area contributed by atoms with Crippen molar-refractivity contribution in [3.63, 3.8) is 0 Å². The number of rotatable bonds is 18. The summed E-state index contributed by atoms with van der Waals surface area (Å²) in [5.41, 5.74) is 0. The highest BCUT2D eigenvalue weighted by atomic mass is 16.8. The molecule has 0 spiro atoms. The second-order valence-electron chi connectivity index (χ2n) is 18.2. The van der Waals surface area contributed by atoms with Crippen LogP contribution in [0.4, 0.5) is 0 Å². The van der Waals surface area contributed by atoms with Crippen molar-refractivity contribution in [2.45, 2.75) is 198 Å². The van der Waals surface area contributed by atoms with Crippen LogP contribution in [0, 0.1) is 0 Å². The minimum atomic E-state index is -2.30. The highest BCUT2D eigenvalue weighted by Gasteiger charge is 2.59. The predicted molar refractivity (Wildman–Crippen MR) is 222 cm³/mol. The van der Waals surface area contributed by atoms with Crippen LogP contribution in [0.2, 0.25) is 0 Å². The van der Waals surface area contributed by atoms with E-state index in [0.717, 1.165) is 13.8 Å². The molecule has 30 atom stereocenters. The van der Waals surface area contributed by atoms with Gasteiger partial charge in [-0.3, -0.25) is 9.59 Å². The van der Waals surface area contributed by atoms with Gasteiger partial charge in [-0.25, -0.2) is 0 Å². The van der Waals surface area contributed by atoms with Gasteiger partial charge in [-0.1, -0.05) is 0 Å². The third-order valence-electron chi connectivity index (χ3n) is 13.2. The van der Waals surface area contributed by atoms with Crippen LogP contribution >= 0.6 is 0 Å². The highest BCUT2D eigenvalue weighted by molar-refractivity contribution is 5.73. The van der Waals surface area contributed by atoms with Gasteiger partial charge in [-0.15, -0.1) is 0 Å². The zero-order valence-corrected chi connectivity index (χ0v) is 38.9. The zero-order valence-electron chi connectivity index (χ0n) is 38.9. The molecule has 0 aromatic carbocycles. The average Bonchev–Trinajstić information content (AvgIpc) is 3.36.